The Hall–Kier alpha value is -2.77. The molecule has 3 aromatic rings. The van der Waals surface area contributed by atoms with E-state index in [1.54, 1.807) is 4.90 Å². The Morgan fingerprint density at radius 2 is 1.81 bits per heavy atom. The lowest BCUT2D eigenvalue weighted by Gasteiger charge is -2.29. The van der Waals surface area contributed by atoms with Gasteiger partial charge in [0.15, 0.2) is 0 Å². The molecule has 0 aliphatic carbocycles. The highest BCUT2D eigenvalue weighted by Crippen LogP contribution is 2.50. The van der Waals surface area contributed by atoms with E-state index >= 15 is 0 Å². The van der Waals surface area contributed by atoms with Gasteiger partial charge in [0.1, 0.15) is 12.4 Å². The molecule has 4 rings (SSSR count). The minimum absolute atomic E-state index is 0.0651. The number of anilines is 1. The van der Waals surface area contributed by atoms with Crippen molar-refractivity contribution in [3.8, 4) is 11.3 Å². The molecule has 6 nitrogen and oxygen atoms in total. The van der Waals surface area contributed by atoms with Crippen molar-refractivity contribution in [2.24, 2.45) is 5.92 Å². The first-order valence-corrected chi connectivity index (χ1v) is 13.6. The summed E-state index contributed by atoms with van der Waals surface area (Å²) in [5.74, 6) is 0.878. The summed E-state index contributed by atoms with van der Waals surface area (Å²) in [4.78, 5) is 28.2. The van der Waals surface area contributed by atoms with Crippen molar-refractivity contribution < 1.29 is 9.59 Å². The Morgan fingerprint density at radius 1 is 1.14 bits per heavy atom. The third-order valence-electron chi connectivity index (χ3n) is 5.97. The standard InChI is InChI=1S/C28H33ClN4O2S/c1-18(2)15-30-22(34)16-32-23(35)17-36-26(20-13-9-10-14-21(20)29)24-25(19-11-7-6-8-12-19)31-33(27(24)32)28(3,4)5/h6-14,18,26H,15-17H2,1-5H3,(H,30,34). The SMILES string of the molecule is CC(C)CNC(=O)CN1C(=O)CSC(c2ccccc2Cl)c2c(-c3ccccc3)nn(C(C)(C)C)c21. The quantitative estimate of drug-likeness (QED) is 0.436. The molecule has 1 atom stereocenters. The first-order chi connectivity index (χ1) is 17.1. The molecule has 0 bridgehead atoms. The van der Waals surface area contributed by atoms with E-state index < -0.39 is 5.54 Å². The predicted molar refractivity (Wildman–Crippen MR) is 149 cm³/mol. The molecule has 2 amide bonds. The first kappa shape index (κ1) is 26.3. The van der Waals surface area contributed by atoms with Crippen LogP contribution in [0.5, 0.6) is 0 Å². The number of aromatic nitrogens is 2. The molecule has 0 radical (unpaired) electrons. The van der Waals surface area contributed by atoms with E-state index in [1.165, 1.54) is 11.8 Å². The highest BCUT2D eigenvalue weighted by Gasteiger charge is 2.39. The monoisotopic (exact) mass is 524 g/mol. The van der Waals surface area contributed by atoms with Crippen LogP contribution in [0.4, 0.5) is 5.82 Å². The molecule has 1 N–H and O–H groups in total. The fourth-order valence-electron chi connectivity index (χ4n) is 4.25. The molecule has 1 aromatic heterocycles. The lowest BCUT2D eigenvalue weighted by Crippen LogP contribution is -2.44. The maximum Gasteiger partial charge on any atom is 0.240 e. The molecule has 0 spiro atoms. The van der Waals surface area contributed by atoms with Gasteiger partial charge in [-0.2, -0.15) is 5.10 Å². The molecule has 1 aliphatic heterocycles. The van der Waals surface area contributed by atoms with Crippen LogP contribution in [0.15, 0.2) is 54.6 Å². The molecule has 2 heterocycles. The van der Waals surface area contributed by atoms with Crippen LogP contribution < -0.4 is 10.2 Å². The maximum atomic E-state index is 13.6. The van der Waals surface area contributed by atoms with Crippen LogP contribution in [0.25, 0.3) is 11.3 Å². The number of carbonyl (C=O) groups excluding carboxylic acids is 2. The summed E-state index contributed by atoms with van der Waals surface area (Å²) in [6, 6.07) is 17.7. The van der Waals surface area contributed by atoms with E-state index in [2.05, 4.69) is 26.1 Å². The van der Waals surface area contributed by atoms with Crippen LogP contribution in [-0.4, -0.2) is 40.4 Å². The van der Waals surface area contributed by atoms with Crippen molar-refractivity contribution >= 4 is 41.0 Å². The number of nitrogens with one attached hydrogen (secondary N) is 1. The van der Waals surface area contributed by atoms with Gasteiger partial charge in [-0.25, -0.2) is 4.68 Å². The summed E-state index contributed by atoms with van der Waals surface area (Å²) < 4.78 is 1.90. The molecule has 8 heteroatoms. The van der Waals surface area contributed by atoms with E-state index in [0.29, 0.717) is 23.3 Å². The average molecular weight is 525 g/mol. The zero-order chi connectivity index (χ0) is 26.0. The molecule has 0 saturated carbocycles. The summed E-state index contributed by atoms with van der Waals surface area (Å²) in [6.45, 7) is 10.7. The lowest BCUT2D eigenvalue weighted by atomic mass is 9.99. The number of carbonyl (C=O) groups is 2. The number of nitrogens with zero attached hydrogens (tertiary/aromatic N) is 3. The highest BCUT2D eigenvalue weighted by atomic mass is 35.5. The van der Waals surface area contributed by atoms with Crippen molar-refractivity contribution in [3.63, 3.8) is 0 Å². The van der Waals surface area contributed by atoms with Crippen molar-refractivity contribution in [2.75, 3.05) is 23.7 Å². The Bertz CT molecular complexity index is 1250. The van der Waals surface area contributed by atoms with Gasteiger partial charge in [0.25, 0.3) is 0 Å². The molecule has 0 fully saturated rings. The number of hydrogen-bond donors (Lipinski definition) is 1. The van der Waals surface area contributed by atoms with Crippen LogP contribution in [0.1, 0.15) is 51.0 Å². The van der Waals surface area contributed by atoms with Crippen LogP contribution in [-0.2, 0) is 15.1 Å². The van der Waals surface area contributed by atoms with Gasteiger partial charge in [-0.15, -0.1) is 11.8 Å². The Morgan fingerprint density at radius 3 is 2.44 bits per heavy atom. The molecule has 1 aliphatic rings. The van der Waals surface area contributed by atoms with Crippen LogP contribution in [0.2, 0.25) is 5.02 Å². The van der Waals surface area contributed by atoms with Gasteiger partial charge in [-0.3, -0.25) is 14.5 Å². The van der Waals surface area contributed by atoms with Gasteiger partial charge in [-0.1, -0.05) is 74.0 Å². The molecule has 36 heavy (non-hydrogen) atoms. The first-order valence-electron chi connectivity index (χ1n) is 12.2. The summed E-state index contributed by atoms with van der Waals surface area (Å²) >= 11 is 8.22. The van der Waals surface area contributed by atoms with E-state index in [4.69, 9.17) is 16.7 Å². The minimum atomic E-state index is -0.440. The van der Waals surface area contributed by atoms with Crippen LogP contribution in [0.3, 0.4) is 0 Å². The van der Waals surface area contributed by atoms with Gasteiger partial charge in [0.2, 0.25) is 11.8 Å². The average Bonchev–Trinajstić information content (AvgIpc) is 3.17. The van der Waals surface area contributed by atoms with Gasteiger partial charge in [0.05, 0.1) is 22.2 Å². The normalized spacial score (nSPS) is 16.1. The predicted octanol–water partition coefficient (Wildman–Crippen LogP) is 5.90. The summed E-state index contributed by atoms with van der Waals surface area (Å²) in [5.41, 5.74) is 3.13. The second-order valence-corrected chi connectivity index (χ2v) is 11.9. The number of thioether (sulfide) groups is 1. The summed E-state index contributed by atoms with van der Waals surface area (Å²) in [7, 11) is 0. The zero-order valence-corrected chi connectivity index (χ0v) is 23.0. The van der Waals surface area contributed by atoms with Crippen molar-refractivity contribution in [2.45, 2.75) is 45.4 Å². The van der Waals surface area contributed by atoms with Gasteiger partial charge in [-0.05, 0) is 38.3 Å². The zero-order valence-electron chi connectivity index (χ0n) is 21.4. The third-order valence-corrected chi connectivity index (χ3v) is 7.55. The second-order valence-electron chi connectivity index (χ2n) is 10.4. The van der Waals surface area contributed by atoms with Crippen LogP contribution >= 0.6 is 23.4 Å². The third kappa shape index (κ3) is 5.47. The number of hydrogen-bond acceptors (Lipinski definition) is 4. The van der Waals surface area contributed by atoms with E-state index in [0.717, 1.165) is 22.4 Å². The van der Waals surface area contributed by atoms with E-state index in [1.807, 2.05) is 73.1 Å². The fourth-order valence-corrected chi connectivity index (χ4v) is 5.79. The van der Waals surface area contributed by atoms with Crippen molar-refractivity contribution in [3.05, 3.63) is 70.7 Å². The largest absolute Gasteiger partial charge is 0.354 e. The number of amides is 2. The van der Waals surface area contributed by atoms with Crippen molar-refractivity contribution in [1.82, 2.24) is 15.1 Å². The number of halogens is 1. The Balaban J connectivity index is 1.97. The number of rotatable bonds is 6. The Kier molecular flexibility index (Phi) is 7.81. The maximum absolute atomic E-state index is 13.6. The molecular formula is C28H33ClN4O2S. The summed E-state index contributed by atoms with van der Waals surface area (Å²) in [6.07, 6.45) is 0. The molecular weight excluding hydrogens is 492 g/mol. The molecule has 1 unspecified atom stereocenters. The summed E-state index contributed by atoms with van der Waals surface area (Å²) in [5, 5.41) is 8.45. The molecule has 2 aromatic carbocycles. The fraction of sp³-hybridized carbons (Fsp3) is 0.393. The number of benzene rings is 2. The highest BCUT2D eigenvalue weighted by molar-refractivity contribution is 8.00. The van der Waals surface area contributed by atoms with Crippen molar-refractivity contribution in [1.29, 1.82) is 0 Å². The lowest BCUT2D eigenvalue weighted by molar-refractivity contribution is -0.123. The van der Waals surface area contributed by atoms with Gasteiger partial charge < -0.3 is 5.32 Å². The van der Waals surface area contributed by atoms with Gasteiger partial charge in [0, 0.05) is 22.7 Å². The van der Waals surface area contributed by atoms with Crippen LogP contribution in [0, 0.1) is 5.92 Å². The smallest absolute Gasteiger partial charge is 0.240 e. The minimum Gasteiger partial charge on any atom is -0.354 e. The molecule has 190 valence electrons. The van der Waals surface area contributed by atoms with E-state index in [-0.39, 0.29) is 29.4 Å². The molecule has 0 saturated heterocycles. The second kappa shape index (κ2) is 10.7. The van der Waals surface area contributed by atoms with E-state index in [9.17, 15) is 9.59 Å². The van der Waals surface area contributed by atoms with Gasteiger partial charge >= 0.3 is 0 Å². The topological polar surface area (TPSA) is 67.2 Å². The Labute approximate surface area is 222 Å². The number of fused-ring (bicyclic) bond motifs is 1.